The molecule has 0 amide bonds. The van der Waals surface area contributed by atoms with Crippen molar-refractivity contribution < 1.29 is 18.4 Å². The average Bonchev–Trinajstić information content (AvgIpc) is 2.79. The van der Waals surface area contributed by atoms with Gasteiger partial charge in [0.15, 0.2) is 0 Å². The van der Waals surface area contributed by atoms with Crippen molar-refractivity contribution in [3.05, 3.63) is 24.5 Å². The van der Waals surface area contributed by atoms with Gasteiger partial charge in [-0.25, -0.2) is 0 Å². The van der Waals surface area contributed by atoms with E-state index in [-0.39, 0.29) is 0 Å². The molecule has 1 rings (SSSR count). The molecule has 1 aliphatic heterocycles. The predicted molar refractivity (Wildman–Crippen MR) is 42.4 cm³/mol. The molecule has 0 saturated carbocycles. The van der Waals surface area contributed by atoms with Crippen molar-refractivity contribution in [3.8, 4) is 0 Å². The van der Waals surface area contributed by atoms with E-state index >= 15 is 0 Å². The van der Waals surface area contributed by atoms with Crippen molar-refractivity contribution in [1.29, 1.82) is 0 Å². The third-order valence-electron chi connectivity index (χ3n) is 1.30. The highest BCUT2D eigenvalue weighted by molar-refractivity contribution is 6.24. The van der Waals surface area contributed by atoms with Gasteiger partial charge in [0.25, 0.3) is 0 Å². The fourth-order valence-electron chi connectivity index (χ4n) is 0.656. The number of allylic oxidation sites excluding steroid dienone is 2. The van der Waals surface area contributed by atoms with Crippen molar-refractivity contribution >= 4 is 9.17 Å². The molecule has 1 saturated heterocycles. The van der Waals surface area contributed by atoms with Gasteiger partial charge in [0.2, 0.25) is 0 Å². The second-order valence-electron chi connectivity index (χ2n) is 2.33. The minimum Gasteiger partial charge on any atom is -0.511 e. The summed E-state index contributed by atoms with van der Waals surface area (Å²) in [6.45, 7) is 0.842. The fraction of sp³-hybridized carbons (Fsp3) is 0.429. The lowest BCUT2D eigenvalue weighted by molar-refractivity contribution is 0.306. The van der Waals surface area contributed by atoms with Crippen LogP contribution in [0.4, 0.5) is 0 Å². The van der Waals surface area contributed by atoms with Gasteiger partial charge in [-0.3, -0.25) is 4.46 Å². The molecular formula is C7H10O4Si. The third kappa shape index (κ3) is 4.81. The van der Waals surface area contributed by atoms with E-state index < -0.39 is 9.17 Å². The molecule has 12 heavy (non-hydrogen) atoms. The Bertz CT molecular complexity index is 207. The lowest BCUT2D eigenvalue weighted by Gasteiger charge is -1.84. The molecule has 0 bridgehead atoms. The van der Waals surface area contributed by atoms with E-state index in [2.05, 4.69) is 4.43 Å². The third-order valence-corrected chi connectivity index (χ3v) is 1.63. The fourth-order valence-corrected chi connectivity index (χ4v) is 0.851. The Labute approximate surface area is 72.0 Å². The maximum absolute atomic E-state index is 10.0. The first kappa shape index (κ1) is 9.15. The van der Waals surface area contributed by atoms with Gasteiger partial charge >= 0.3 is 9.17 Å². The number of hydrogen-bond acceptors (Lipinski definition) is 3. The summed E-state index contributed by atoms with van der Waals surface area (Å²) >= 11 is 0. The number of rotatable bonds is 5. The SMILES string of the molecule is O=[Si](O)OC=CC=CCC1CO1. The van der Waals surface area contributed by atoms with E-state index in [1.165, 1.54) is 6.26 Å². The first-order valence-corrected chi connectivity index (χ1v) is 4.88. The topological polar surface area (TPSA) is 59.1 Å². The molecule has 0 aromatic heterocycles. The van der Waals surface area contributed by atoms with Gasteiger partial charge in [0, 0.05) is 0 Å². The van der Waals surface area contributed by atoms with Crippen LogP contribution in [-0.2, 0) is 13.6 Å². The molecule has 1 N–H and O–H groups in total. The van der Waals surface area contributed by atoms with Crippen LogP contribution < -0.4 is 0 Å². The lowest BCUT2D eigenvalue weighted by Crippen LogP contribution is -1.98. The molecule has 0 aromatic rings. The molecule has 1 unspecified atom stereocenters. The Morgan fingerprint density at radius 2 is 2.42 bits per heavy atom. The summed E-state index contributed by atoms with van der Waals surface area (Å²) < 4.78 is 19.3. The number of hydrogen-bond donors (Lipinski definition) is 1. The van der Waals surface area contributed by atoms with Gasteiger partial charge < -0.3 is 14.0 Å². The highest BCUT2D eigenvalue weighted by Gasteiger charge is 2.19. The zero-order valence-corrected chi connectivity index (χ0v) is 7.47. The lowest BCUT2D eigenvalue weighted by atomic mass is 10.3. The zero-order chi connectivity index (χ0) is 8.81. The molecule has 5 heteroatoms. The van der Waals surface area contributed by atoms with Crippen LogP contribution in [0, 0.1) is 0 Å². The normalized spacial score (nSPS) is 21.8. The largest absolute Gasteiger partial charge is 0.769 e. The van der Waals surface area contributed by atoms with Gasteiger partial charge in [-0.05, 0) is 12.5 Å². The molecule has 0 radical (unpaired) electrons. The van der Waals surface area contributed by atoms with Gasteiger partial charge in [-0.15, -0.1) is 0 Å². The summed E-state index contributed by atoms with van der Waals surface area (Å²) in [6.07, 6.45) is 7.72. The molecule has 1 fully saturated rings. The minimum absolute atomic E-state index is 0.382. The first-order valence-electron chi connectivity index (χ1n) is 3.62. The van der Waals surface area contributed by atoms with Crippen molar-refractivity contribution in [1.82, 2.24) is 0 Å². The van der Waals surface area contributed by atoms with Crippen LogP contribution in [0.25, 0.3) is 0 Å². The zero-order valence-electron chi connectivity index (χ0n) is 6.47. The first-order chi connectivity index (χ1) is 5.79. The van der Waals surface area contributed by atoms with E-state index in [1.54, 1.807) is 12.2 Å². The molecule has 4 nitrogen and oxygen atoms in total. The van der Waals surface area contributed by atoms with Crippen LogP contribution in [0.5, 0.6) is 0 Å². The second kappa shape index (κ2) is 4.84. The molecular weight excluding hydrogens is 176 g/mol. The van der Waals surface area contributed by atoms with E-state index in [4.69, 9.17) is 9.53 Å². The smallest absolute Gasteiger partial charge is 0.511 e. The van der Waals surface area contributed by atoms with Gasteiger partial charge in [0.05, 0.1) is 19.0 Å². The summed E-state index contributed by atoms with van der Waals surface area (Å²) in [5.74, 6) is 0. The summed E-state index contributed by atoms with van der Waals surface area (Å²) in [6, 6.07) is 0. The Kier molecular flexibility index (Phi) is 3.69. The molecule has 0 spiro atoms. The summed E-state index contributed by atoms with van der Waals surface area (Å²) in [5.41, 5.74) is 0. The molecule has 1 aliphatic rings. The Hall–Kier alpha value is -0.943. The van der Waals surface area contributed by atoms with E-state index in [0.29, 0.717) is 6.10 Å². The average molecular weight is 186 g/mol. The molecule has 66 valence electrons. The predicted octanol–water partition coefficient (Wildman–Crippen LogP) is 0.269. The Balaban J connectivity index is 2.01. The molecule has 0 aromatic carbocycles. The Morgan fingerprint density at radius 3 is 3.00 bits per heavy atom. The van der Waals surface area contributed by atoms with Gasteiger partial charge in [-0.1, -0.05) is 12.2 Å². The van der Waals surface area contributed by atoms with Gasteiger partial charge in [-0.2, -0.15) is 0 Å². The van der Waals surface area contributed by atoms with Crippen LogP contribution in [0.1, 0.15) is 6.42 Å². The molecule has 1 heterocycles. The quantitative estimate of drug-likeness (QED) is 0.290. The molecule has 1 atom stereocenters. The Morgan fingerprint density at radius 1 is 1.67 bits per heavy atom. The highest BCUT2D eigenvalue weighted by Crippen LogP contribution is 2.13. The van der Waals surface area contributed by atoms with Crippen molar-refractivity contribution in [2.45, 2.75) is 12.5 Å². The minimum atomic E-state index is -2.82. The van der Waals surface area contributed by atoms with E-state index in [1.807, 2.05) is 6.08 Å². The summed E-state index contributed by atoms with van der Waals surface area (Å²) in [5, 5.41) is 0. The standard InChI is InChI=1S/C7H10O4Si/c8-12(9)11-5-3-1-2-4-7-6-10-7/h1-3,5,7-8H,4,6H2. The van der Waals surface area contributed by atoms with Crippen LogP contribution >= 0.6 is 0 Å². The van der Waals surface area contributed by atoms with Crippen LogP contribution in [0.2, 0.25) is 0 Å². The van der Waals surface area contributed by atoms with Crippen LogP contribution in [0.3, 0.4) is 0 Å². The monoisotopic (exact) mass is 186 g/mol. The van der Waals surface area contributed by atoms with Crippen molar-refractivity contribution in [2.75, 3.05) is 6.61 Å². The van der Waals surface area contributed by atoms with Crippen molar-refractivity contribution in [2.24, 2.45) is 0 Å². The van der Waals surface area contributed by atoms with E-state index in [9.17, 15) is 4.46 Å². The maximum Gasteiger partial charge on any atom is 0.769 e. The number of ether oxygens (including phenoxy) is 1. The van der Waals surface area contributed by atoms with Crippen molar-refractivity contribution in [3.63, 3.8) is 0 Å². The van der Waals surface area contributed by atoms with Crippen LogP contribution in [-0.4, -0.2) is 26.7 Å². The summed E-state index contributed by atoms with van der Waals surface area (Å²) in [4.78, 5) is 8.24. The second-order valence-corrected chi connectivity index (χ2v) is 3.10. The van der Waals surface area contributed by atoms with Crippen LogP contribution in [0.15, 0.2) is 24.5 Å². The summed E-state index contributed by atoms with van der Waals surface area (Å²) in [7, 11) is -2.82. The maximum atomic E-state index is 10.0. The molecule has 0 aliphatic carbocycles. The van der Waals surface area contributed by atoms with E-state index in [0.717, 1.165) is 13.0 Å². The van der Waals surface area contributed by atoms with Gasteiger partial charge in [0.1, 0.15) is 0 Å². The number of epoxide rings is 1. The highest BCUT2D eigenvalue weighted by atomic mass is 28.3.